The molecule has 1 aromatic heterocycles. The molecule has 2 heterocycles. The molecule has 13 heteroatoms. The number of aryl methyl sites for hydroxylation is 1. The van der Waals surface area contributed by atoms with Crippen LogP contribution in [0.4, 0.5) is 5.69 Å². The van der Waals surface area contributed by atoms with Crippen molar-refractivity contribution in [3.63, 3.8) is 0 Å². The zero-order chi connectivity index (χ0) is 28.7. The van der Waals surface area contributed by atoms with Gasteiger partial charge in [-0.3, -0.25) is 9.11 Å². The SMILES string of the molecule is COc1ccc2c(c1)N(CCCS(=O)(=O)O)C(=Cc1sc3ccc4ccccc4c3[n+]1CCC(C)S(=O)(=O)O)S2. The van der Waals surface area contributed by atoms with Crippen LogP contribution in [0.2, 0.25) is 0 Å². The third kappa shape index (κ3) is 6.14. The third-order valence-corrected chi connectivity index (χ3v) is 11.1. The zero-order valence-electron chi connectivity index (χ0n) is 21.8. The fourth-order valence-corrected chi connectivity index (χ4v) is 7.94. The van der Waals surface area contributed by atoms with Crippen molar-refractivity contribution >= 4 is 76.1 Å². The van der Waals surface area contributed by atoms with E-state index in [1.54, 1.807) is 30.2 Å². The number of methoxy groups -OCH3 is 1. The molecule has 4 aromatic rings. The van der Waals surface area contributed by atoms with Crippen LogP contribution in [0.15, 0.2) is 64.5 Å². The summed E-state index contributed by atoms with van der Waals surface area (Å²) >= 11 is 3.12. The van der Waals surface area contributed by atoms with Crippen LogP contribution >= 0.6 is 23.1 Å². The molecular formula is C27H29N2O7S4+. The first-order valence-electron chi connectivity index (χ1n) is 12.6. The molecule has 9 nitrogen and oxygen atoms in total. The lowest BCUT2D eigenvalue weighted by molar-refractivity contribution is -0.668. The van der Waals surface area contributed by atoms with Gasteiger partial charge in [0.05, 0.1) is 40.3 Å². The van der Waals surface area contributed by atoms with Crippen molar-refractivity contribution in [2.45, 2.75) is 36.5 Å². The van der Waals surface area contributed by atoms with Gasteiger partial charge in [-0.1, -0.05) is 47.4 Å². The van der Waals surface area contributed by atoms with E-state index in [1.807, 2.05) is 53.4 Å². The summed E-state index contributed by atoms with van der Waals surface area (Å²) in [5.41, 5.74) is 1.86. The summed E-state index contributed by atoms with van der Waals surface area (Å²) in [6.45, 7) is 2.21. The van der Waals surface area contributed by atoms with Crippen LogP contribution in [-0.4, -0.2) is 50.6 Å². The van der Waals surface area contributed by atoms with Crippen LogP contribution in [0, 0.1) is 0 Å². The van der Waals surface area contributed by atoms with Crippen LogP contribution in [0.3, 0.4) is 0 Å². The lowest BCUT2D eigenvalue weighted by Gasteiger charge is -2.20. The van der Waals surface area contributed by atoms with Crippen molar-refractivity contribution in [3.05, 3.63) is 64.6 Å². The summed E-state index contributed by atoms with van der Waals surface area (Å²) in [4.78, 5) is 3.00. The number of thioether (sulfide) groups is 1. The minimum atomic E-state index is -4.18. The van der Waals surface area contributed by atoms with Crippen LogP contribution < -0.4 is 14.2 Å². The van der Waals surface area contributed by atoms with E-state index in [-0.39, 0.29) is 18.6 Å². The molecule has 0 aliphatic carbocycles. The van der Waals surface area contributed by atoms with Crippen molar-refractivity contribution in [2.75, 3.05) is 24.3 Å². The molecule has 1 aliphatic heterocycles. The highest BCUT2D eigenvalue weighted by atomic mass is 32.2. The Morgan fingerprint density at radius 3 is 2.58 bits per heavy atom. The first-order chi connectivity index (χ1) is 18.9. The molecule has 1 aliphatic rings. The fourth-order valence-electron chi connectivity index (χ4n) is 4.72. The second-order valence-corrected chi connectivity index (χ2v) is 15.1. The van der Waals surface area contributed by atoms with E-state index in [0.717, 1.165) is 41.6 Å². The molecule has 2 N–H and O–H groups in total. The number of aromatic nitrogens is 1. The maximum atomic E-state index is 11.8. The van der Waals surface area contributed by atoms with Gasteiger partial charge in [0, 0.05) is 23.9 Å². The smallest absolute Gasteiger partial charge is 0.267 e. The zero-order valence-corrected chi connectivity index (χ0v) is 25.1. The predicted octanol–water partition coefficient (Wildman–Crippen LogP) is 5.21. The van der Waals surface area contributed by atoms with E-state index in [9.17, 15) is 25.9 Å². The van der Waals surface area contributed by atoms with E-state index in [4.69, 9.17) is 4.74 Å². The molecule has 5 rings (SSSR count). The highest BCUT2D eigenvalue weighted by Crippen LogP contribution is 2.48. The number of rotatable bonds is 10. The van der Waals surface area contributed by atoms with Gasteiger partial charge in [-0.25, -0.2) is 0 Å². The maximum absolute atomic E-state index is 11.8. The first-order valence-corrected chi connectivity index (χ1v) is 17.3. The molecule has 3 aromatic carbocycles. The van der Waals surface area contributed by atoms with Gasteiger partial charge < -0.3 is 9.64 Å². The highest BCUT2D eigenvalue weighted by Gasteiger charge is 2.30. The molecule has 1 unspecified atom stereocenters. The van der Waals surface area contributed by atoms with Crippen molar-refractivity contribution in [2.24, 2.45) is 0 Å². The number of thiazole rings is 1. The molecule has 40 heavy (non-hydrogen) atoms. The van der Waals surface area contributed by atoms with Crippen LogP contribution in [0.1, 0.15) is 24.8 Å². The predicted molar refractivity (Wildman–Crippen MR) is 160 cm³/mol. The van der Waals surface area contributed by atoms with Crippen molar-refractivity contribution in [1.29, 1.82) is 0 Å². The normalized spacial score (nSPS) is 15.7. The average Bonchev–Trinajstić information content (AvgIpc) is 3.43. The molecule has 0 radical (unpaired) electrons. The van der Waals surface area contributed by atoms with Gasteiger partial charge in [0.15, 0.2) is 6.54 Å². The van der Waals surface area contributed by atoms with Crippen LogP contribution in [0.5, 0.6) is 5.75 Å². The Labute approximate surface area is 241 Å². The van der Waals surface area contributed by atoms with Gasteiger partial charge in [0.2, 0.25) is 5.52 Å². The summed E-state index contributed by atoms with van der Waals surface area (Å²) in [6, 6.07) is 17.8. The van der Waals surface area contributed by atoms with Gasteiger partial charge in [0.25, 0.3) is 25.2 Å². The maximum Gasteiger partial charge on any atom is 0.267 e. The molecule has 0 bridgehead atoms. The van der Waals surface area contributed by atoms with Crippen LogP contribution in [-0.2, 0) is 26.8 Å². The van der Waals surface area contributed by atoms with Gasteiger partial charge in [-0.05, 0) is 43.0 Å². The lowest BCUT2D eigenvalue weighted by atomic mass is 10.1. The Morgan fingerprint density at radius 2 is 1.85 bits per heavy atom. The second-order valence-electron chi connectivity index (χ2n) is 9.55. The largest absolute Gasteiger partial charge is 0.497 e. The molecule has 212 valence electrons. The highest BCUT2D eigenvalue weighted by molar-refractivity contribution is 8.04. The number of hydrogen-bond acceptors (Lipinski definition) is 8. The van der Waals surface area contributed by atoms with E-state index < -0.39 is 25.5 Å². The minimum absolute atomic E-state index is 0.219. The molecule has 0 amide bonds. The molecular weight excluding hydrogens is 593 g/mol. The average molecular weight is 622 g/mol. The van der Waals surface area contributed by atoms with Gasteiger partial charge >= 0.3 is 0 Å². The third-order valence-electron chi connectivity index (χ3n) is 6.85. The quantitative estimate of drug-likeness (QED) is 0.181. The van der Waals surface area contributed by atoms with Gasteiger partial charge in [-0.2, -0.15) is 21.4 Å². The van der Waals surface area contributed by atoms with Gasteiger partial charge in [-0.15, -0.1) is 0 Å². The lowest BCUT2D eigenvalue weighted by Crippen LogP contribution is -2.38. The van der Waals surface area contributed by atoms with E-state index in [0.29, 0.717) is 18.8 Å². The fraction of sp³-hybridized carbons (Fsp3) is 0.296. The molecule has 1 atom stereocenters. The molecule has 0 saturated carbocycles. The Hall–Kier alpha value is -2.68. The minimum Gasteiger partial charge on any atom is -0.497 e. The Morgan fingerprint density at radius 1 is 1.07 bits per heavy atom. The summed E-state index contributed by atoms with van der Waals surface area (Å²) in [5.74, 6) is 0.311. The molecule has 0 saturated heterocycles. The Balaban J connectivity index is 1.62. The first kappa shape index (κ1) is 28.8. The van der Waals surface area contributed by atoms with E-state index in [2.05, 4.69) is 16.7 Å². The number of nitrogens with zero attached hydrogens (tertiary/aromatic N) is 2. The number of benzene rings is 3. The number of fused-ring (bicyclic) bond motifs is 4. The summed E-state index contributed by atoms with van der Waals surface area (Å²) in [6.07, 6.45) is 2.47. The number of ether oxygens (including phenoxy) is 1. The number of anilines is 1. The van der Waals surface area contributed by atoms with E-state index >= 15 is 0 Å². The van der Waals surface area contributed by atoms with Gasteiger partial charge in [0.1, 0.15) is 10.4 Å². The van der Waals surface area contributed by atoms with Crippen molar-refractivity contribution < 1.29 is 35.2 Å². The molecule has 0 spiro atoms. The summed E-state index contributed by atoms with van der Waals surface area (Å²) in [7, 11) is -6.70. The van der Waals surface area contributed by atoms with Crippen LogP contribution in [0.25, 0.3) is 27.1 Å². The molecule has 0 fully saturated rings. The monoisotopic (exact) mass is 621 g/mol. The summed E-state index contributed by atoms with van der Waals surface area (Å²) in [5, 5.41) is 2.92. The van der Waals surface area contributed by atoms with Crippen molar-refractivity contribution in [1.82, 2.24) is 0 Å². The number of hydrogen-bond donors (Lipinski definition) is 2. The Kier molecular flexibility index (Phi) is 8.15. The topological polar surface area (TPSA) is 125 Å². The standard InChI is InChI=1S/C27H28N2O7S4/c1-18(40(33,34)35)12-14-29-26(38-24-10-8-19-6-3-4-7-21(19)27(24)29)17-25-28(13-5-15-39(30,31)32)22-16-20(36-2)9-11-23(22)37-25/h3-4,6-11,16-18H,5,12-15H2,1-2H3,(H-,30,31,32,33,34,35)/p+1. The van der Waals surface area contributed by atoms with E-state index in [1.165, 1.54) is 6.92 Å². The summed E-state index contributed by atoms with van der Waals surface area (Å²) < 4.78 is 73.8. The van der Waals surface area contributed by atoms with Crippen molar-refractivity contribution in [3.8, 4) is 5.75 Å². The second kappa shape index (κ2) is 11.3. The Bertz CT molecular complexity index is 1830.